The van der Waals surface area contributed by atoms with E-state index in [1.54, 1.807) is 4.72 Å². The van der Waals surface area contributed by atoms with Gasteiger partial charge in [-0.1, -0.05) is 29.3 Å². The largest absolute Gasteiger partial charge is 0.390 e. The van der Waals surface area contributed by atoms with E-state index in [0.29, 0.717) is 0 Å². The van der Waals surface area contributed by atoms with Gasteiger partial charge in [0.05, 0.1) is 16.1 Å². The normalized spacial score (nSPS) is 22.0. The monoisotopic (exact) mass is 352 g/mol. The van der Waals surface area contributed by atoms with Crippen molar-refractivity contribution < 1.29 is 23.1 Å². The fourth-order valence-electron chi connectivity index (χ4n) is 1.84. The highest BCUT2D eigenvalue weighted by Gasteiger charge is 2.41. The Labute approximate surface area is 130 Å². The number of amides is 2. The summed E-state index contributed by atoms with van der Waals surface area (Å²) < 4.78 is 25.9. The third-order valence-corrected chi connectivity index (χ3v) is 5.20. The standard InChI is InChI=1S/C11H10Cl2N2O5S/c12-5-2-1-3-7(9(5)13)21(19,20)15-11(18)8-6(16)4-14-10(8)17/h1-3,6,8,16H,4H2,(H,14,17)(H,15,18). The van der Waals surface area contributed by atoms with E-state index in [9.17, 15) is 23.1 Å². The molecule has 1 saturated heterocycles. The van der Waals surface area contributed by atoms with E-state index >= 15 is 0 Å². The topological polar surface area (TPSA) is 113 Å². The number of sulfonamides is 1. The fraction of sp³-hybridized carbons (Fsp3) is 0.273. The summed E-state index contributed by atoms with van der Waals surface area (Å²) in [6.45, 7) is -0.116. The fourth-order valence-corrected chi connectivity index (χ4v) is 3.61. The Morgan fingerprint density at radius 2 is 2.05 bits per heavy atom. The van der Waals surface area contributed by atoms with Crippen molar-refractivity contribution in [2.75, 3.05) is 6.54 Å². The molecule has 1 aliphatic rings. The van der Waals surface area contributed by atoms with Crippen LogP contribution in [0, 0.1) is 5.92 Å². The molecular formula is C11H10Cl2N2O5S. The number of aliphatic hydroxyl groups excluding tert-OH is 1. The molecule has 0 aliphatic carbocycles. The SMILES string of the molecule is O=C1NCC(O)C1C(=O)NS(=O)(=O)c1cccc(Cl)c1Cl. The summed E-state index contributed by atoms with van der Waals surface area (Å²) in [5.74, 6) is -3.36. The first-order chi connectivity index (χ1) is 9.74. The zero-order valence-electron chi connectivity index (χ0n) is 10.3. The van der Waals surface area contributed by atoms with Gasteiger partial charge in [-0.2, -0.15) is 0 Å². The highest BCUT2D eigenvalue weighted by atomic mass is 35.5. The molecule has 1 fully saturated rings. The number of carbonyl (C=O) groups is 2. The molecule has 1 aliphatic heterocycles. The molecular weight excluding hydrogens is 343 g/mol. The molecule has 7 nitrogen and oxygen atoms in total. The van der Waals surface area contributed by atoms with Crippen molar-refractivity contribution in [3.63, 3.8) is 0 Å². The summed E-state index contributed by atoms with van der Waals surface area (Å²) in [5, 5.41) is 11.5. The molecule has 3 N–H and O–H groups in total. The molecule has 0 saturated carbocycles. The van der Waals surface area contributed by atoms with E-state index in [1.165, 1.54) is 12.1 Å². The number of halogens is 2. The zero-order chi connectivity index (χ0) is 15.8. The molecule has 0 bridgehead atoms. The van der Waals surface area contributed by atoms with Crippen LogP contribution in [0.1, 0.15) is 0 Å². The van der Waals surface area contributed by atoms with Gasteiger partial charge >= 0.3 is 0 Å². The number of β-amino-alcohol motifs (C(OH)–C–C–N with tert-alkyl or cyclic N) is 1. The van der Waals surface area contributed by atoms with Gasteiger partial charge in [0.1, 0.15) is 10.8 Å². The number of carbonyl (C=O) groups excluding carboxylic acids is 2. The van der Waals surface area contributed by atoms with Crippen molar-refractivity contribution in [2.45, 2.75) is 11.0 Å². The molecule has 21 heavy (non-hydrogen) atoms. The number of nitrogens with one attached hydrogen (secondary N) is 2. The second-order valence-corrected chi connectivity index (χ2v) is 6.75. The maximum absolute atomic E-state index is 12.1. The third kappa shape index (κ3) is 3.13. The highest BCUT2D eigenvalue weighted by Crippen LogP contribution is 2.29. The minimum absolute atomic E-state index is 0.00522. The smallest absolute Gasteiger partial charge is 0.265 e. The number of hydrogen-bond acceptors (Lipinski definition) is 5. The maximum atomic E-state index is 12.1. The van der Waals surface area contributed by atoms with Crippen LogP contribution in [0.15, 0.2) is 23.1 Å². The first kappa shape index (κ1) is 16.0. The maximum Gasteiger partial charge on any atom is 0.265 e. The molecule has 2 rings (SSSR count). The van der Waals surface area contributed by atoms with Gasteiger partial charge in [-0.3, -0.25) is 9.59 Å². The Balaban J connectivity index is 2.28. The highest BCUT2D eigenvalue weighted by molar-refractivity contribution is 7.90. The molecule has 0 aromatic heterocycles. The van der Waals surface area contributed by atoms with Gasteiger partial charge in [0.15, 0.2) is 0 Å². The lowest BCUT2D eigenvalue weighted by molar-refractivity contribution is -0.134. The van der Waals surface area contributed by atoms with E-state index in [2.05, 4.69) is 5.32 Å². The number of hydrogen-bond donors (Lipinski definition) is 3. The van der Waals surface area contributed by atoms with Gasteiger partial charge in [0.2, 0.25) is 11.8 Å². The lowest BCUT2D eigenvalue weighted by Gasteiger charge is -2.13. The quantitative estimate of drug-likeness (QED) is 0.657. The summed E-state index contributed by atoms with van der Waals surface area (Å²) in [6.07, 6.45) is -1.29. The van der Waals surface area contributed by atoms with Crippen LogP contribution in [0.25, 0.3) is 0 Å². The Hall–Kier alpha value is -1.35. The van der Waals surface area contributed by atoms with Gasteiger partial charge in [0, 0.05) is 6.54 Å². The van der Waals surface area contributed by atoms with Gasteiger partial charge in [-0.25, -0.2) is 13.1 Å². The number of benzene rings is 1. The summed E-state index contributed by atoms with van der Waals surface area (Å²) in [7, 11) is -4.30. The second kappa shape index (κ2) is 5.80. The van der Waals surface area contributed by atoms with Gasteiger partial charge in [-0.15, -0.1) is 0 Å². The number of aliphatic hydroxyl groups is 1. The van der Waals surface area contributed by atoms with Crippen molar-refractivity contribution in [1.29, 1.82) is 0 Å². The Morgan fingerprint density at radius 3 is 2.62 bits per heavy atom. The first-order valence-electron chi connectivity index (χ1n) is 5.70. The van der Waals surface area contributed by atoms with Crippen LogP contribution in [-0.4, -0.2) is 38.0 Å². The van der Waals surface area contributed by atoms with Crippen LogP contribution in [0.4, 0.5) is 0 Å². The van der Waals surface area contributed by atoms with Gasteiger partial charge in [-0.05, 0) is 12.1 Å². The Morgan fingerprint density at radius 1 is 1.38 bits per heavy atom. The van der Waals surface area contributed by atoms with Crippen molar-refractivity contribution in [3.05, 3.63) is 28.2 Å². The van der Waals surface area contributed by atoms with E-state index in [0.717, 1.165) is 6.07 Å². The molecule has 2 unspecified atom stereocenters. The zero-order valence-corrected chi connectivity index (χ0v) is 12.7. The van der Waals surface area contributed by atoms with E-state index < -0.39 is 38.8 Å². The van der Waals surface area contributed by atoms with Gasteiger partial charge < -0.3 is 10.4 Å². The molecule has 10 heteroatoms. The molecule has 114 valence electrons. The van der Waals surface area contributed by atoms with Crippen LogP contribution in [0.5, 0.6) is 0 Å². The average molecular weight is 353 g/mol. The van der Waals surface area contributed by atoms with E-state index in [4.69, 9.17) is 23.2 Å². The molecule has 2 amide bonds. The van der Waals surface area contributed by atoms with Crippen LogP contribution < -0.4 is 10.0 Å². The molecule has 1 aromatic rings. The average Bonchev–Trinajstić information content (AvgIpc) is 2.71. The summed E-state index contributed by atoms with van der Waals surface area (Å²) >= 11 is 11.5. The first-order valence-corrected chi connectivity index (χ1v) is 7.94. The summed E-state index contributed by atoms with van der Waals surface area (Å²) in [6, 6.07) is 3.90. The van der Waals surface area contributed by atoms with Crippen LogP contribution in [0.3, 0.4) is 0 Å². The lowest BCUT2D eigenvalue weighted by Crippen LogP contribution is -2.42. The molecule has 0 radical (unpaired) electrons. The second-order valence-electron chi connectivity index (χ2n) is 4.31. The van der Waals surface area contributed by atoms with E-state index in [1.807, 2.05) is 0 Å². The lowest BCUT2D eigenvalue weighted by atomic mass is 10.1. The predicted molar refractivity (Wildman–Crippen MR) is 74.3 cm³/mol. The number of rotatable bonds is 3. The predicted octanol–water partition coefficient (Wildman–Crippen LogP) is -0.0948. The Bertz CT molecular complexity index is 707. The van der Waals surface area contributed by atoms with Crippen LogP contribution >= 0.6 is 23.2 Å². The summed E-state index contributed by atoms with van der Waals surface area (Å²) in [4.78, 5) is 22.9. The molecule has 0 spiro atoms. The minimum atomic E-state index is -4.30. The van der Waals surface area contributed by atoms with Crippen LogP contribution in [-0.2, 0) is 19.6 Å². The van der Waals surface area contributed by atoms with Crippen molar-refractivity contribution >= 4 is 45.0 Å². The third-order valence-electron chi connectivity index (χ3n) is 2.88. The van der Waals surface area contributed by atoms with Crippen LogP contribution in [0.2, 0.25) is 10.0 Å². The molecule has 1 heterocycles. The van der Waals surface area contributed by atoms with Crippen molar-refractivity contribution in [1.82, 2.24) is 10.0 Å². The van der Waals surface area contributed by atoms with Crippen molar-refractivity contribution in [2.24, 2.45) is 5.92 Å². The minimum Gasteiger partial charge on any atom is -0.390 e. The van der Waals surface area contributed by atoms with Crippen molar-refractivity contribution in [3.8, 4) is 0 Å². The molecule has 2 atom stereocenters. The summed E-state index contributed by atoms with van der Waals surface area (Å²) in [5.41, 5.74) is 0. The van der Waals surface area contributed by atoms with Gasteiger partial charge in [0.25, 0.3) is 10.0 Å². The Kier molecular flexibility index (Phi) is 4.43. The molecule has 1 aromatic carbocycles. The van der Waals surface area contributed by atoms with E-state index in [-0.39, 0.29) is 16.6 Å².